The number of nitrogens with zero attached hydrogens (tertiary/aromatic N) is 3. The maximum absolute atomic E-state index is 13.6. The summed E-state index contributed by atoms with van der Waals surface area (Å²) in [6.45, 7) is 1.27. The van der Waals surface area contributed by atoms with E-state index in [-0.39, 0.29) is 4.90 Å². The van der Waals surface area contributed by atoms with Gasteiger partial charge in [0, 0.05) is 22.7 Å². The quantitative estimate of drug-likeness (QED) is 0.771. The summed E-state index contributed by atoms with van der Waals surface area (Å²) in [4.78, 5) is 0.253. The van der Waals surface area contributed by atoms with Crippen LogP contribution in [0.1, 0.15) is 24.4 Å². The molecule has 2 aliphatic rings. The number of hydrogen-bond acceptors (Lipinski definition) is 7. The van der Waals surface area contributed by atoms with Crippen LogP contribution in [0, 0.1) is 0 Å². The molecule has 0 amide bonds. The molecule has 0 saturated carbocycles. The van der Waals surface area contributed by atoms with Crippen LogP contribution in [0.5, 0.6) is 5.75 Å². The fourth-order valence-electron chi connectivity index (χ4n) is 3.71. The lowest BCUT2D eigenvalue weighted by Crippen LogP contribution is -2.39. The number of sulfone groups is 1. The largest absolute Gasteiger partial charge is 0.496 e. The van der Waals surface area contributed by atoms with E-state index in [1.54, 1.807) is 43.7 Å². The third-order valence-corrected chi connectivity index (χ3v) is 7.72. The molecule has 0 radical (unpaired) electrons. The van der Waals surface area contributed by atoms with Gasteiger partial charge in [0.15, 0.2) is 9.84 Å². The number of methoxy groups -OCH3 is 1. The predicted octanol–water partition coefficient (Wildman–Crippen LogP) is 4.03. The average molecular weight is 433 g/mol. The zero-order chi connectivity index (χ0) is 20.4. The molecule has 0 aromatic heterocycles. The molecule has 1 N–H and O–H groups in total. The standard InChI is InChI=1S/C20H21ClN4O3S/c1-28-19-7-5-14(21)10-17(19)13-4-6-16(18-12-23-25-24-18)20(9-13)29(26,27)15-3-2-8-22-11-15/h4-7,9-10,12,15,18,22H,2-3,8,11H2,1H3. The molecule has 7 nitrogen and oxygen atoms in total. The topological polar surface area (TPSA) is 92.5 Å². The van der Waals surface area contributed by atoms with Crippen LogP contribution in [-0.2, 0) is 9.84 Å². The van der Waals surface area contributed by atoms with E-state index in [2.05, 4.69) is 20.8 Å². The van der Waals surface area contributed by atoms with Crippen LogP contribution in [0.4, 0.5) is 0 Å². The van der Waals surface area contributed by atoms with Crippen LogP contribution < -0.4 is 10.1 Å². The number of ether oxygens (including phenoxy) is 1. The summed E-state index contributed by atoms with van der Waals surface area (Å²) in [5.41, 5.74) is 2.01. The summed E-state index contributed by atoms with van der Waals surface area (Å²) in [6, 6.07) is 10.1. The molecule has 2 unspecified atom stereocenters. The Balaban J connectivity index is 1.87. The van der Waals surface area contributed by atoms with E-state index < -0.39 is 21.1 Å². The fraction of sp³-hybridized carbons (Fsp3) is 0.350. The van der Waals surface area contributed by atoms with Crippen molar-refractivity contribution in [3.05, 3.63) is 47.0 Å². The first-order valence-corrected chi connectivity index (χ1v) is 11.3. The lowest BCUT2D eigenvalue weighted by atomic mass is 10.0. The summed E-state index contributed by atoms with van der Waals surface area (Å²) < 4.78 is 32.6. The van der Waals surface area contributed by atoms with Crippen molar-refractivity contribution in [3.63, 3.8) is 0 Å². The van der Waals surface area contributed by atoms with Gasteiger partial charge in [0.25, 0.3) is 0 Å². The molecule has 1 fully saturated rings. The zero-order valence-corrected chi connectivity index (χ0v) is 17.4. The van der Waals surface area contributed by atoms with E-state index in [9.17, 15) is 8.42 Å². The van der Waals surface area contributed by atoms with Crippen molar-refractivity contribution < 1.29 is 13.2 Å². The Morgan fingerprint density at radius 3 is 2.76 bits per heavy atom. The Kier molecular flexibility index (Phi) is 5.67. The highest BCUT2D eigenvalue weighted by Gasteiger charge is 2.33. The second-order valence-corrected chi connectivity index (χ2v) is 9.66. The fourth-order valence-corrected chi connectivity index (χ4v) is 5.87. The molecule has 1 saturated heterocycles. The van der Waals surface area contributed by atoms with E-state index in [0.29, 0.717) is 34.9 Å². The van der Waals surface area contributed by atoms with E-state index in [1.165, 1.54) is 0 Å². The number of halogens is 1. The summed E-state index contributed by atoms with van der Waals surface area (Å²) in [6.07, 6.45) is 3.00. The number of nitrogens with one attached hydrogen (secondary N) is 1. The highest BCUT2D eigenvalue weighted by Crippen LogP contribution is 2.38. The van der Waals surface area contributed by atoms with Crippen molar-refractivity contribution in [1.82, 2.24) is 5.32 Å². The predicted molar refractivity (Wildman–Crippen MR) is 113 cm³/mol. The van der Waals surface area contributed by atoms with Gasteiger partial charge >= 0.3 is 0 Å². The molecule has 4 rings (SSSR count). The second kappa shape index (κ2) is 8.22. The van der Waals surface area contributed by atoms with E-state index in [1.807, 2.05) is 6.07 Å². The minimum absolute atomic E-state index is 0.253. The van der Waals surface area contributed by atoms with Crippen molar-refractivity contribution in [2.75, 3.05) is 20.2 Å². The van der Waals surface area contributed by atoms with Crippen molar-refractivity contribution in [1.29, 1.82) is 0 Å². The van der Waals surface area contributed by atoms with Crippen LogP contribution in [0.15, 0.2) is 56.7 Å². The SMILES string of the molecule is COc1ccc(Cl)cc1-c1ccc(C2C=NN=N2)c(S(=O)(=O)C2CCCNC2)c1. The van der Waals surface area contributed by atoms with Gasteiger partial charge in [-0.3, -0.25) is 0 Å². The Morgan fingerprint density at radius 2 is 2.07 bits per heavy atom. The minimum Gasteiger partial charge on any atom is -0.496 e. The molecule has 9 heteroatoms. The first-order chi connectivity index (χ1) is 14.0. The van der Waals surface area contributed by atoms with Gasteiger partial charge in [-0.15, -0.1) is 5.10 Å². The normalized spacial score (nSPS) is 21.4. The summed E-state index contributed by atoms with van der Waals surface area (Å²) >= 11 is 6.18. The Morgan fingerprint density at radius 1 is 1.21 bits per heavy atom. The highest BCUT2D eigenvalue weighted by atomic mass is 35.5. The Hall–Kier alpha value is -2.29. The molecule has 29 heavy (non-hydrogen) atoms. The van der Waals surface area contributed by atoms with Crippen LogP contribution >= 0.6 is 11.6 Å². The van der Waals surface area contributed by atoms with Gasteiger partial charge in [0.2, 0.25) is 0 Å². The van der Waals surface area contributed by atoms with Crippen LogP contribution in [0.3, 0.4) is 0 Å². The monoisotopic (exact) mass is 432 g/mol. The van der Waals surface area contributed by atoms with E-state index in [0.717, 1.165) is 18.5 Å². The molecular formula is C20H21ClN4O3S. The number of hydrogen-bond donors (Lipinski definition) is 1. The summed E-state index contributed by atoms with van der Waals surface area (Å²) in [5.74, 6) is 0.618. The lowest BCUT2D eigenvalue weighted by molar-refractivity contribution is 0.416. The molecule has 2 heterocycles. The van der Waals surface area contributed by atoms with E-state index >= 15 is 0 Å². The number of piperidine rings is 1. The maximum atomic E-state index is 13.6. The van der Waals surface area contributed by atoms with Gasteiger partial charge in [-0.2, -0.15) is 5.11 Å². The Labute approximate surface area is 174 Å². The molecule has 2 atom stereocenters. The molecule has 0 spiro atoms. The molecule has 2 aromatic rings. The molecular weight excluding hydrogens is 412 g/mol. The van der Waals surface area contributed by atoms with Crippen LogP contribution in [-0.4, -0.2) is 40.1 Å². The number of rotatable bonds is 5. The summed E-state index contributed by atoms with van der Waals surface area (Å²) in [7, 11) is -2.02. The zero-order valence-electron chi connectivity index (χ0n) is 15.9. The molecule has 0 bridgehead atoms. The van der Waals surface area contributed by atoms with Gasteiger partial charge in [-0.1, -0.05) is 23.7 Å². The van der Waals surface area contributed by atoms with Crippen molar-refractivity contribution >= 4 is 27.7 Å². The number of benzene rings is 2. The third-order valence-electron chi connectivity index (χ3n) is 5.24. The first kappa shape index (κ1) is 20.0. The summed E-state index contributed by atoms with van der Waals surface area (Å²) in [5, 5.41) is 14.7. The smallest absolute Gasteiger partial charge is 0.182 e. The highest BCUT2D eigenvalue weighted by molar-refractivity contribution is 7.92. The Bertz CT molecular complexity index is 1070. The van der Waals surface area contributed by atoms with Crippen molar-refractivity contribution in [3.8, 4) is 16.9 Å². The van der Waals surface area contributed by atoms with Gasteiger partial charge in [0.05, 0.1) is 23.5 Å². The van der Waals surface area contributed by atoms with Gasteiger partial charge in [-0.05, 0) is 54.4 Å². The molecule has 2 aromatic carbocycles. The first-order valence-electron chi connectivity index (χ1n) is 9.36. The van der Waals surface area contributed by atoms with E-state index in [4.69, 9.17) is 16.3 Å². The minimum atomic E-state index is -3.59. The third kappa shape index (κ3) is 3.92. The second-order valence-electron chi connectivity index (χ2n) is 7.02. The van der Waals surface area contributed by atoms with Crippen LogP contribution in [0.2, 0.25) is 5.02 Å². The maximum Gasteiger partial charge on any atom is 0.182 e. The van der Waals surface area contributed by atoms with Gasteiger partial charge < -0.3 is 10.1 Å². The van der Waals surface area contributed by atoms with Gasteiger partial charge in [0.1, 0.15) is 11.8 Å². The lowest BCUT2D eigenvalue weighted by Gasteiger charge is -2.25. The van der Waals surface area contributed by atoms with Crippen molar-refractivity contribution in [2.45, 2.75) is 29.0 Å². The molecule has 0 aliphatic carbocycles. The molecule has 152 valence electrons. The average Bonchev–Trinajstić information content (AvgIpc) is 3.28. The van der Waals surface area contributed by atoms with Crippen molar-refractivity contribution in [2.24, 2.45) is 15.4 Å². The van der Waals surface area contributed by atoms with Gasteiger partial charge in [-0.25, -0.2) is 8.42 Å². The molecule has 2 aliphatic heterocycles. The van der Waals surface area contributed by atoms with Crippen LogP contribution in [0.25, 0.3) is 11.1 Å².